The fourth-order valence-corrected chi connectivity index (χ4v) is 7.53. The van der Waals surface area contributed by atoms with E-state index in [4.69, 9.17) is 4.98 Å². The summed E-state index contributed by atoms with van der Waals surface area (Å²) in [5.41, 5.74) is 0.908. The first-order valence-corrected chi connectivity index (χ1v) is 13.4. The lowest BCUT2D eigenvalue weighted by molar-refractivity contribution is -0.144. The number of aromatic nitrogens is 1. The maximum atomic E-state index is 13.0. The van der Waals surface area contributed by atoms with Crippen molar-refractivity contribution in [3.8, 4) is 0 Å². The zero-order valence-electron chi connectivity index (χ0n) is 21.7. The Labute approximate surface area is 203 Å². The molecule has 2 N–H and O–H groups in total. The summed E-state index contributed by atoms with van der Waals surface area (Å²) in [5, 5.41) is 15.3. The van der Waals surface area contributed by atoms with E-state index in [2.05, 4.69) is 39.9 Å². The van der Waals surface area contributed by atoms with Crippen LogP contribution in [0.25, 0.3) is 0 Å². The SMILES string of the molecule is CCN(CC)C(=O)[C@@H](C)[C@H]1CC[C@@]2(C)Cc3sc(NC(=O)CC(C)(C)C)nc3[C@@H](C)[C@@H]2[C@H]1O. The molecule has 2 aliphatic rings. The molecule has 33 heavy (non-hydrogen) atoms. The van der Waals surface area contributed by atoms with Crippen molar-refractivity contribution in [3.05, 3.63) is 10.6 Å². The first-order valence-electron chi connectivity index (χ1n) is 12.6. The van der Waals surface area contributed by atoms with Gasteiger partial charge in [-0.2, -0.15) is 0 Å². The first kappa shape index (κ1) is 26.1. The summed E-state index contributed by atoms with van der Waals surface area (Å²) in [4.78, 5) is 33.4. The number of fused-ring (bicyclic) bond motifs is 2. The molecule has 1 heterocycles. The summed E-state index contributed by atoms with van der Waals surface area (Å²) >= 11 is 1.59. The van der Waals surface area contributed by atoms with E-state index in [1.54, 1.807) is 11.3 Å². The molecule has 186 valence electrons. The zero-order valence-corrected chi connectivity index (χ0v) is 22.5. The second-order valence-corrected chi connectivity index (χ2v) is 12.8. The Morgan fingerprint density at radius 1 is 1.30 bits per heavy atom. The normalized spacial score (nSPS) is 30.2. The van der Waals surface area contributed by atoms with Crippen LogP contribution in [0.3, 0.4) is 0 Å². The first-order chi connectivity index (χ1) is 15.3. The molecule has 0 bridgehead atoms. The molecule has 2 amide bonds. The summed E-state index contributed by atoms with van der Waals surface area (Å²) in [6.45, 7) is 18.0. The Morgan fingerprint density at radius 2 is 1.94 bits per heavy atom. The summed E-state index contributed by atoms with van der Waals surface area (Å²) in [6, 6.07) is 0. The van der Waals surface area contributed by atoms with Gasteiger partial charge in [0.05, 0.1) is 11.8 Å². The Balaban J connectivity index is 1.81. The second-order valence-electron chi connectivity index (χ2n) is 11.8. The van der Waals surface area contributed by atoms with Crippen molar-refractivity contribution in [2.45, 2.75) is 93.1 Å². The predicted molar refractivity (Wildman–Crippen MR) is 134 cm³/mol. The van der Waals surface area contributed by atoms with Gasteiger partial charge in [0.15, 0.2) is 5.13 Å². The molecule has 6 nitrogen and oxygen atoms in total. The number of aliphatic hydroxyl groups is 1. The Morgan fingerprint density at radius 3 is 2.52 bits per heavy atom. The van der Waals surface area contributed by atoms with Crippen LogP contribution >= 0.6 is 11.3 Å². The van der Waals surface area contributed by atoms with Gasteiger partial charge in [0, 0.05) is 36.2 Å². The molecule has 1 aromatic rings. The number of carbonyl (C=O) groups excluding carboxylic acids is 2. The van der Waals surface area contributed by atoms with Gasteiger partial charge in [-0.3, -0.25) is 9.59 Å². The number of aliphatic hydroxyl groups excluding tert-OH is 1. The van der Waals surface area contributed by atoms with E-state index < -0.39 is 6.10 Å². The zero-order chi connectivity index (χ0) is 24.7. The van der Waals surface area contributed by atoms with Gasteiger partial charge in [-0.25, -0.2) is 4.98 Å². The second kappa shape index (κ2) is 9.65. The maximum absolute atomic E-state index is 13.0. The van der Waals surface area contributed by atoms with Crippen molar-refractivity contribution in [1.29, 1.82) is 0 Å². The highest BCUT2D eigenvalue weighted by Crippen LogP contribution is 2.57. The molecule has 7 heteroatoms. The summed E-state index contributed by atoms with van der Waals surface area (Å²) in [5.74, 6) is 0.0428. The maximum Gasteiger partial charge on any atom is 0.226 e. The number of rotatable bonds is 6. The molecule has 1 saturated carbocycles. The molecule has 0 saturated heterocycles. The van der Waals surface area contributed by atoms with Crippen molar-refractivity contribution in [2.24, 2.45) is 28.6 Å². The Hall–Kier alpha value is -1.47. The van der Waals surface area contributed by atoms with Gasteiger partial charge < -0.3 is 15.3 Å². The van der Waals surface area contributed by atoms with E-state index in [0.29, 0.717) is 24.6 Å². The van der Waals surface area contributed by atoms with Crippen molar-refractivity contribution >= 4 is 28.3 Å². The van der Waals surface area contributed by atoms with Crippen LogP contribution < -0.4 is 5.32 Å². The van der Waals surface area contributed by atoms with Crippen LogP contribution in [0, 0.1) is 28.6 Å². The molecule has 6 atom stereocenters. The average Bonchev–Trinajstić information content (AvgIpc) is 3.08. The van der Waals surface area contributed by atoms with Crippen molar-refractivity contribution < 1.29 is 14.7 Å². The summed E-state index contributed by atoms with van der Waals surface area (Å²) < 4.78 is 0. The largest absolute Gasteiger partial charge is 0.392 e. The Kier molecular flexibility index (Phi) is 7.64. The number of amides is 2. The van der Waals surface area contributed by atoms with Gasteiger partial charge >= 0.3 is 0 Å². The third-order valence-corrected chi connectivity index (χ3v) is 8.95. The van der Waals surface area contributed by atoms with Crippen LogP contribution in [0.15, 0.2) is 0 Å². The van der Waals surface area contributed by atoms with E-state index in [1.807, 2.05) is 25.7 Å². The van der Waals surface area contributed by atoms with Crippen LogP contribution in [0.4, 0.5) is 5.13 Å². The van der Waals surface area contributed by atoms with Crippen molar-refractivity contribution in [1.82, 2.24) is 9.88 Å². The quantitative estimate of drug-likeness (QED) is 0.599. The van der Waals surface area contributed by atoms with Gasteiger partial charge in [0.1, 0.15) is 0 Å². The minimum atomic E-state index is -0.540. The molecule has 0 aliphatic heterocycles. The summed E-state index contributed by atoms with van der Waals surface area (Å²) in [7, 11) is 0. The van der Waals surface area contributed by atoms with Crippen molar-refractivity contribution in [3.63, 3.8) is 0 Å². The fraction of sp³-hybridized carbons (Fsp3) is 0.808. The molecule has 0 spiro atoms. The lowest BCUT2D eigenvalue weighted by Gasteiger charge is -2.53. The van der Waals surface area contributed by atoms with E-state index >= 15 is 0 Å². The highest BCUT2D eigenvalue weighted by molar-refractivity contribution is 7.15. The molecule has 0 aromatic carbocycles. The monoisotopic (exact) mass is 477 g/mol. The molecule has 1 aromatic heterocycles. The van der Waals surface area contributed by atoms with Gasteiger partial charge in [-0.05, 0) is 55.8 Å². The number of hydrogen-bond acceptors (Lipinski definition) is 5. The highest BCUT2D eigenvalue weighted by Gasteiger charge is 2.54. The minimum Gasteiger partial charge on any atom is -0.392 e. The van der Waals surface area contributed by atoms with Crippen LogP contribution in [-0.2, 0) is 16.0 Å². The molecular weight excluding hydrogens is 434 g/mol. The number of nitrogens with zero attached hydrogens (tertiary/aromatic N) is 2. The minimum absolute atomic E-state index is 0.00582. The third-order valence-electron chi connectivity index (χ3n) is 7.97. The number of hydrogen-bond donors (Lipinski definition) is 2. The Bertz CT molecular complexity index is 873. The van der Waals surface area contributed by atoms with Crippen LogP contribution in [0.2, 0.25) is 0 Å². The third kappa shape index (κ3) is 5.29. The van der Waals surface area contributed by atoms with E-state index in [1.165, 1.54) is 4.88 Å². The average molecular weight is 478 g/mol. The smallest absolute Gasteiger partial charge is 0.226 e. The van der Waals surface area contributed by atoms with E-state index in [0.717, 1.165) is 25.0 Å². The predicted octanol–water partition coefficient (Wildman–Crippen LogP) is 5.08. The molecular formula is C26H43N3O3S. The summed E-state index contributed by atoms with van der Waals surface area (Å²) in [6.07, 6.45) is 2.63. The van der Waals surface area contributed by atoms with E-state index in [-0.39, 0.29) is 46.3 Å². The number of carbonyl (C=O) groups is 2. The van der Waals surface area contributed by atoms with Gasteiger partial charge in [0.2, 0.25) is 11.8 Å². The van der Waals surface area contributed by atoms with Gasteiger partial charge in [0.25, 0.3) is 0 Å². The molecule has 0 radical (unpaired) electrons. The standard InChI is InChI=1S/C26H43N3O3S/c1-9-29(10-2)23(32)15(3)17-11-12-26(8)13-18-21(16(4)20(26)22(17)31)28-24(33-18)27-19(30)14-25(5,6)7/h15-17,20,22,31H,9-14H2,1-8H3,(H,27,28,30)/t15-,16-,17+,20+,22-,26-/m0/s1. The molecule has 2 aliphatic carbocycles. The highest BCUT2D eigenvalue weighted by atomic mass is 32.1. The topological polar surface area (TPSA) is 82.5 Å². The van der Waals surface area contributed by atoms with Crippen LogP contribution in [0.5, 0.6) is 0 Å². The van der Waals surface area contributed by atoms with Gasteiger partial charge in [-0.1, -0.05) is 41.5 Å². The van der Waals surface area contributed by atoms with Crippen LogP contribution in [-0.4, -0.2) is 46.0 Å². The number of thiazole rings is 1. The molecule has 1 fully saturated rings. The number of anilines is 1. The molecule has 3 rings (SSSR count). The lowest BCUT2D eigenvalue weighted by Crippen LogP contribution is -2.53. The number of nitrogens with one attached hydrogen (secondary N) is 1. The fourth-order valence-electron chi connectivity index (χ4n) is 6.25. The van der Waals surface area contributed by atoms with Gasteiger partial charge in [-0.15, -0.1) is 11.3 Å². The van der Waals surface area contributed by atoms with Crippen molar-refractivity contribution in [2.75, 3.05) is 18.4 Å². The lowest BCUT2D eigenvalue weighted by atomic mass is 9.53. The molecule has 0 unspecified atom stereocenters. The van der Waals surface area contributed by atoms with E-state index in [9.17, 15) is 14.7 Å². The van der Waals surface area contributed by atoms with Crippen LogP contribution in [0.1, 0.15) is 91.1 Å².